The van der Waals surface area contributed by atoms with Crippen LogP contribution in [-0.4, -0.2) is 46.8 Å². The predicted molar refractivity (Wildman–Crippen MR) is 107 cm³/mol. The minimum atomic E-state index is 0.893. The van der Waals surface area contributed by atoms with Gasteiger partial charge in [0.15, 0.2) is 0 Å². The summed E-state index contributed by atoms with van der Waals surface area (Å²) in [4.78, 5) is 6.58. The molecule has 1 aliphatic heterocycles. The molecule has 0 saturated carbocycles. The van der Waals surface area contributed by atoms with E-state index in [0.717, 1.165) is 50.6 Å². The fourth-order valence-electron chi connectivity index (χ4n) is 4.11. The first-order chi connectivity index (χ1) is 13.4. The second-order valence-electron chi connectivity index (χ2n) is 7.27. The third-order valence-electron chi connectivity index (χ3n) is 5.54. The summed E-state index contributed by atoms with van der Waals surface area (Å²) in [7, 11) is 0. The van der Waals surface area contributed by atoms with Crippen LogP contribution in [0.25, 0.3) is 28.1 Å². The lowest BCUT2D eigenvalue weighted by atomic mass is 10.1. The zero-order valence-electron chi connectivity index (χ0n) is 15.5. The summed E-state index contributed by atoms with van der Waals surface area (Å²) in [5.41, 5.74) is 4.70. The Labute approximate surface area is 158 Å². The number of nitrogens with one attached hydrogen (secondary N) is 1. The van der Waals surface area contributed by atoms with Gasteiger partial charge in [-0.2, -0.15) is 0 Å². The number of aryl methyl sites for hydroxylation is 1. The molecular formula is C22H25N4O+. The molecule has 0 amide bonds. The summed E-state index contributed by atoms with van der Waals surface area (Å²) in [6.07, 6.45) is 3.38. The molecule has 2 aromatic heterocycles. The molecule has 0 bridgehead atoms. The van der Waals surface area contributed by atoms with Gasteiger partial charge in [0.1, 0.15) is 13.1 Å². The van der Waals surface area contributed by atoms with Crippen molar-refractivity contribution in [2.24, 2.45) is 0 Å². The van der Waals surface area contributed by atoms with E-state index in [1.165, 1.54) is 23.3 Å². The van der Waals surface area contributed by atoms with Gasteiger partial charge in [-0.1, -0.05) is 42.5 Å². The molecule has 4 aromatic rings. The molecule has 138 valence electrons. The van der Waals surface area contributed by atoms with Gasteiger partial charge in [0, 0.05) is 19.2 Å². The van der Waals surface area contributed by atoms with Crippen molar-refractivity contribution in [3.63, 3.8) is 0 Å². The van der Waals surface area contributed by atoms with Gasteiger partial charge in [-0.25, -0.2) is 4.98 Å². The Bertz CT molecular complexity index is 1040. The molecule has 27 heavy (non-hydrogen) atoms. The first kappa shape index (κ1) is 16.5. The fourth-order valence-corrected chi connectivity index (χ4v) is 4.11. The van der Waals surface area contributed by atoms with Crippen LogP contribution in [0.1, 0.15) is 6.42 Å². The van der Waals surface area contributed by atoms with Crippen molar-refractivity contribution in [2.45, 2.75) is 13.0 Å². The lowest BCUT2D eigenvalue weighted by Gasteiger charge is -2.23. The van der Waals surface area contributed by atoms with Gasteiger partial charge in [0.2, 0.25) is 5.78 Å². The molecule has 0 aliphatic carbocycles. The molecular weight excluding hydrogens is 336 g/mol. The van der Waals surface area contributed by atoms with E-state index in [1.54, 1.807) is 4.90 Å². The van der Waals surface area contributed by atoms with E-state index >= 15 is 0 Å². The number of ether oxygens (including phenoxy) is 1. The van der Waals surface area contributed by atoms with E-state index in [1.807, 2.05) is 0 Å². The molecule has 0 unspecified atom stereocenters. The van der Waals surface area contributed by atoms with Crippen molar-refractivity contribution in [2.75, 3.05) is 32.8 Å². The van der Waals surface area contributed by atoms with Crippen LogP contribution in [0.3, 0.4) is 0 Å². The van der Waals surface area contributed by atoms with Gasteiger partial charge in [-0.05, 0) is 17.7 Å². The number of fused-ring (bicyclic) bond motifs is 3. The molecule has 1 N–H and O–H groups in total. The standard InChI is InChI=1S/C22H24N4O/c1-2-7-18(8-3-1)21-17-26-20-10-5-4-9-19(20)23-22(26)25(21)12-6-11-24-13-15-27-16-14-24/h1-5,7-10,17H,6,11-16H2/p+1. The van der Waals surface area contributed by atoms with E-state index in [-0.39, 0.29) is 0 Å². The Morgan fingerprint density at radius 2 is 1.74 bits per heavy atom. The summed E-state index contributed by atoms with van der Waals surface area (Å²) in [6, 6.07) is 19.0. The van der Waals surface area contributed by atoms with E-state index < -0.39 is 0 Å². The summed E-state index contributed by atoms with van der Waals surface area (Å²) in [5.74, 6) is 1.03. The first-order valence-corrected chi connectivity index (χ1v) is 9.83. The number of nitrogens with zero attached hydrogens (tertiary/aromatic N) is 3. The van der Waals surface area contributed by atoms with E-state index in [0.29, 0.717) is 0 Å². The van der Waals surface area contributed by atoms with Gasteiger partial charge in [-0.15, -0.1) is 0 Å². The minimum absolute atomic E-state index is 0.893. The number of aromatic nitrogens is 3. The number of benzene rings is 2. The molecule has 0 radical (unpaired) electrons. The fraction of sp³-hybridized carbons (Fsp3) is 0.318. The number of hydrogen-bond donors (Lipinski definition) is 1. The monoisotopic (exact) mass is 361 g/mol. The normalized spacial score (nSPS) is 15.7. The Kier molecular flexibility index (Phi) is 4.40. The highest BCUT2D eigenvalue weighted by atomic mass is 16.5. The molecule has 1 saturated heterocycles. The molecule has 3 heterocycles. The first-order valence-electron chi connectivity index (χ1n) is 9.83. The van der Waals surface area contributed by atoms with Crippen LogP contribution in [0.15, 0.2) is 60.8 Å². The maximum atomic E-state index is 5.48. The number of para-hydroxylation sites is 2. The molecule has 5 rings (SSSR count). The van der Waals surface area contributed by atoms with Crippen LogP contribution >= 0.6 is 0 Å². The van der Waals surface area contributed by atoms with Crippen LogP contribution < -0.4 is 4.90 Å². The van der Waals surface area contributed by atoms with Crippen LogP contribution in [0.4, 0.5) is 0 Å². The smallest absolute Gasteiger partial charge is 0.215 e. The minimum Gasteiger partial charge on any atom is -0.370 e. The number of imidazole rings is 2. The lowest BCUT2D eigenvalue weighted by molar-refractivity contribution is -0.908. The molecule has 2 aromatic carbocycles. The highest BCUT2D eigenvalue weighted by Crippen LogP contribution is 2.26. The summed E-state index contributed by atoms with van der Waals surface area (Å²) in [6.45, 7) is 6.20. The average molecular weight is 361 g/mol. The second kappa shape index (κ2) is 7.18. The van der Waals surface area contributed by atoms with Gasteiger partial charge >= 0.3 is 0 Å². The zero-order valence-corrected chi connectivity index (χ0v) is 15.5. The van der Waals surface area contributed by atoms with Crippen LogP contribution in [0.5, 0.6) is 0 Å². The second-order valence-corrected chi connectivity index (χ2v) is 7.27. The Morgan fingerprint density at radius 3 is 2.59 bits per heavy atom. The number of morpholine rings is 1. The van der Waals surface area contributed by atoms with Gasteiger partial charge in [0.25, 0.3) is 0 Å². The maximum absolute atomic E-state index is 5.48. The third-order valence-corrected chi connectivity index (χ3v) is 5.54. The third kappa shape index (κ3) is 3.13. The van der Waals surface area contributed by atoms with Crippen LogP contribution in [0.2, 0.25) is 0 Å². The van der Waals surface area contributed by atoms with E-state index in [2.05, 4.69) is 69.8 Å². The molecule has 0 atom stereocenters. The lowest BCUT2D eigenvalue weighted by Crippen LogP contribution is -3.14. The average Bonchev–Trinajstić information content (AvgIpc) is 3.26. The van der Waals surface area contributed by atoms with Gasteiger partial charge in [0.05, 0.1) is 36.5 Å². The number of hydrogen-bond acceptors (Lipinski definition) is 2. The zero-order chi connectivity index (χ0) is 18.1. The largest absolute Gasteiger partial charge is 0.370 e. The van der Waals surface area contributed by atoms with E-state index in [4.69, 9.17) is 9.72 Å². The van der Waals surface area contributed by atoms with Crippen LogP contribution in [-0.2, 0) is 11.3 Å². The maximum Gasteiger partial charge on any atom is 0.215 e. The van der Waals surface area contributed by atoms with Crippen molar-refractivity contribution in [1.29, 1.82) is 0 Å². The summed E-state index contributed by atoms with van der Waals surface area (Å²) in [5, 5.41) is 0. The summed E-state index contributed by atoms with van der Waals surface area (Å²) < 4.78 is 10.1. The van der Waals surface area contributed by atoms with Crippen molar-refractivity contribution >= 4 is 16.8 Å². The molecule has 0 spiro atoms. The summed E-state index contributed by atoms with van der Waals surface area (Å²) >= 11 is 0. The molecule has 1 aliphatic rings. The van der Waals surface area contributed by atoms with Crippen molar-refractivity contribution in [1.82, 2.24) is 14.0 Å². The highest BCUT2D eigenvalue weighted by Gasteiger charge is 2.17. The molecule has 5 nitrogen and oxygen atoms in total. The topological polar surface area (TPSA) is 35.9 Å². The van der Waals surface area contributed by atoms with Crippen molar-refractivity contribution in [3.8, 4) is 11.3 Å². The number of rotatable bonds is 5. The van der Waals surface area contributed by atoms with Crippen LogP contribution in [0, 0.1) is 0 Å². The predicted octanol–water partition coefficient (Wildman–Crippen LogP) is 2.26. The Hall–Kier alpha value is -2.63. The SMILES string of the molecule is c1ccc(-c2cn3c4ccccc4nc3n2CCC[NH+]2CCOCC2)cc1. The van der Waals surface area contributed by atoms with E-state index in [9.17, 15) is 0 Å². The highest BCUT2D eigenvalue weighted by molar-refractivity contribution is 5.81. The van der Waals surface area contributed by atoms with Crippen molar-refractivity contribution < 1.29 is 9.64 Å². The Balaban J connectivity index is 1.51. The van der Waals surface area contributed by atoms with Gasteiger partial charge < -0.3 is 14.2 Å². The number of quaternary nitrogens is 1. The quantitative estimate of drug-likeness (QED) is 0.592. The molecule has 1 fully saturated rings. The van der Waals surface area contributed by atoms with Crippen molar-refractivity contribution in [3.05, 3.63) is 60.8 Å². The Morgan fingerprint density at radius 1 is 0.963 bits per heavy atom. The van der Waals surface area contributed by atoms with Gasteiger partial charge in [-0.3, -0.25) is 4.40 Å². The molecule has 5 heteroatoms.